The van der Waals surface area contributed by atoms with E-state index in [1.54, 1.807) is 0 Å². The first-order chi connectivity index (χ1) is 8.60. The molecule has 0 unspecified atom stereocenters. The van der Waals surface area contributed by atoms with E-state index < -0.39 is 0 Å². The second kappa shape index (κ2) is 4.36. The summed E-state index contributed by atoms with van der Waals surface area (Å²) in [4.78, 5) is 2.67. The van der Waals surface area contributed by atoms with Crippen LogP contribution >= 0.6 is 12.2 Å². The number of anilines is 1. The SMILES string of the molecule is Cn1cccc1-c1c(C#N)c(N)[nH]c(=S)c1C#N. The summed E-state index contributed by atoms with van der Waals surface area (Å²) >= 11 is 5.07. The quantitative estimate of drug-likeness (QED) is 0.763. The Labute approximate surface area is 109 Å². The van der Waals surface area contributed by atoms with Gasteiger partial charge in [0.2, 0.25) is 0 Å². The van der Waals surface area contributed by atoms with E-state index in [1.807, 2.05) is 42.1 Å². The largest absolute Gasteiger partial charge is 0.384 e. The van der Waals surface area contributed by atoms with Crippen LogP contribution in [-0.4, -0.2) is 9.55 Å². The second-order valence-electron chi connectivity index (χ2n) is 3.72. The van der Waals surface area contributed by atoms with Crippen LogP contribution in [0.1, 0.15) is 11.1 Å². The molecule has 0 fully saturated rings. The third-order valence-corrected chi connectivity index (χ3v) is 2.97. The van der Waals surface area contributed by atoms with Gasteiger partial charge in [0.15, 0.2) is 0 Å². The Morgan fingerprint density at radius 2 is 2.00 bits per heavy atom. The van der Waals surface area contributed by atoms with E-state index in [0.29, 0.717) is 5.56 Å². The lowest BCUT2D eigenvalue weighted by Crippen LogP contribution is -2.03. The molecule has 0 saturated heterocycles. The van der Waals surface area contributed by atoms with Crippen molar-refractivity contribution in [3.8, 4) is 23.4 Å². The number of aromatic amines is 1. The highest BCUT2D eigenvalue weighted by molar-refractivity contribution is 7.71. The predicted molar refractivity (Wildman–Crippen MR) is 69.9 cm³/mol. The Hall–Kier alpha value is -2.57. The fraction of sp³-hybridized carbons (Fsp3) is 0.0833. The maximum absolute atomic E-state index is 9.20. The molecular weight excluding hydrogens is 246 g/mol. The number of nitrogens with one attached hydrogen (secondary N) is 1. The van der Waals surface area contributed by atoms with Crippen LogP contribution in [0.15, 0.2) is 18.3 Å². The van der Waals surface area contributed by atoms with E-state index in [-0.39, 0.29) is 21.6 Å². The number of hydrogen-bond acceptors (Lipinski definition) is 4. The fourth-order valence-electron chi connectivity index (χ4n) is 1.82. The molecule has 18 heavy (non-hydrogen) atoms. The summed E-state index contributed by atoms with van der Waals surface area (Å²) in [6, 6.07) is 7.68. The number of hydrogen-bond donors (Lipinski definition) is 2. The third kappa shape index (κ3) is 1.65. The van der Waals surface area contributed by atoms with Crippen LogP contribution in [-0.2, 0) is 7.05 Å². The summed E-state index contributed by atoms with van der Waals surface area (Å²) in [5, 5.41) is 18.4. The van der Waals surface area contributed by atoms with Gasteiger partial charge >= 0.3 is 0 Å². The van der Waals surface area contributed by atoms with Gasteiger partial charge < -0.3 is 15.3 Å². The zero-order chi connectivity index (χ0) is 13.3. The Bertz CT molecular complexity index is 754. The number of rotatable bonds is 1. The number of nitrogens with two attached hydrogens (primary N) is 1. The highest BCUT2D eigenvalue weighted by Crippen LogP contribution is 2.30. The Morgan fingerprint density at radius 3 is 2.50 bits per heavy atom. The molecule has 3 N–H and O–H groups in total. The highest BCUT2D eigenvalue weighted by atomic mass is 32.1. The summed E-state index contributed by atoms with van der Waals surface area (Å²) < 4.78 is 2.05. The molecule has 2 aromatic rings. The van der Waals surface area contributed by atoms with Crippen LogP contribution in [0.25, 0.3) is 11.3 Å². The van der Waals surface area contributed by atoms with Gasteiger partial charge in [-0.05, 0) is 12.1 Å². The van der Waals surface area contributed by atoms with E-state index in [1.165, 1.54) is 0 Å². The number of aromatic nitrogens is 2. The van der Waals surface area contributed by atoms with Gasteiger partial charge in [-0.2, -0.15) is 10.5 Å². The lowest BCUT2D eigenvalue weighted by molar-refractivity contribution is 0.935. The van der Waals surface area contributed by atoms with Crippen LogP contribution < -0.4 is 5.73 Å². The number of aryl methyl sites for hydroxylation is 1. The molecule has 0 aliphatic carbocycles. The van der Waals surface area contributed by atoms with E-state index >= 15 is 0 Å². The van der Waals surface area contributed by atoms with Crippen LogP contribution in [0.5, 0.6) is 0 Å². The highest BCUT2D eigenvalue weighted by Gasteiger charge is 2.17. The molecule has 0 bridgehead atoms. The van der Waals surface area contributed by atoms with E-state index in [9.17, 15) is 10.5 Å². The zero-order valence-electron chi connectivity index (χ0n) is 9.56. The van der Waals surface area contributed by atoms with Crippen molar-refractivity contribution in [2.45, 2.75) is 0 Å². The Morgan fingerprint density at radius 1 is 1.33 bits per heavy atom. The summed E-state index contributed by atoms with van der Waals surface area (Å²) in [5.41, 5.74) is 7.46. The van der Waals surface area contributed by atoms with Gasteiger partial charge in [0, 0.05) is 18.8 Å². The van der Waals surface area contributed by atoms with Crippen molar-refractivity contribution in [3.63, 3.8) is 0 Å². The number of nitrogen functional groups attached to an aromatic ring is 1. The van der Waals surface area contributed by atoms with Crippen molar-refractivity contribution in [2.75, 3.05) is 5.73 Å². The van der Waals surface area contributed by atoms with Gasteiger partial charge in [0.1, 0.15) is 28.2 Å². The number of H-pyrrole nitrogens is 1. The van der Waals surface area contributed by atoms with Crippen LogP contribution in [0.4, 0.5) is 5.82 Å². The van der Waals surface area contributed by atoms with Gasteiger partial charge in [-0.3, -0.25) is 0 Å². The Kier molecular flexibility index (Phi) is 2.88. The molecule has 0 aliphatic heterocycles. The number of nitriles is 2. The van der Waals surface area contributed by atoms with Crippen molar-refractivity contribution in [1.82, 2.24) is 9.55 Å². The molecule has 2 rings (SSSR count). The minimum atomic E-state index is 0.178. The van der Waals surface area contributed by atoms with Crippen molar-refractivity contribution in [2.24, 2.45) is 7.05 Å². The molecule has 2 aromatic heterocycles. The van der Waals surface area contributed by atoms with Crippen LogP contribution in [0, 0.1) is 27.3 Å². The molecule has 0 aliphatic rings. The van der Waals surface area contributed by atoms with Crippen molar-refractivity contribution >= 4 is 18.0 Å². The molecule has 0 spiro atoms. The van der Waals surface area contributed by atoms with Crippen LogP contribution in [0.3, 0.4) is 0 Å². The maximum atomic E-state index is 9.20. The average Bonchev–Trinajstić information content (AvgIpc) is 2.74. The summed E-state index contributed by atoms with van der Waals surface area (Å²) in [6.07, 6.45) is 1.83. The fourth-order valence-corrected chi connectivity index (χ4v) is 2.08. The normalized spacial score (nSPS) is 9.72. The Balaban J connectivity index is 2.98. The average molecular weight is 255 g/mol. The van der Waals surface area contributed by atoms with E-state index in [0.717, 1.165) is 5.69 Å². The first-order valence-corrected chi connectivity index (χ1v) is 5.48. The van der Waals surface area contributed by atoms with Gasteiger partial charge in [-0.15, -0.1) is 0 Å². The van der Waals surface area contributed by atoms with Gasteiger partial charge in [-0.25, -0.2) is 0 Å². The van der Waals surface area contributed by atoms with Crippen molar-refractivity contribution in [1.29, 1.82) is 10.5 Å². The zero-order valence-corrected chi connectivity index (χ0v) is 10.4. The lowest BCUT2D eigenvalue weighted by atomic mass is 10.0. The second-order valence-corrected chi connectivity index (χ2v) is 4.13. The lowest BCUT2D eigenvalue weighted by Gasteiger charge is -2.10. The minimum absolute atomic E-state index is 0.178. The summed E-state index contributed by atoms with van der Waals surface area (Å²) in [6.45, 7) is 0. The van der Waals surface area contributed by atoms with Gasteiger partial charge in [0.25, 0.3) is 0 Å². The van der Waals surface area contributed by atoms with E-state index in [4.69, 9.17) is 18.0 Å². The van der Waals surface area contributed by atoms with E-state index in [2.05, 4.69) is 4.98 Å². The molecule has 0 saturated carbocycles. The van der Waals surface area contributed by atoms with Crippen molar-refractivity contribution in [3.05, 3.63) is 34.1 Å². The predicted octanol–water partition coefficient (Wildman–Crippen LogP) is 2.08. The molecule has 0 amide bonds. The summed E-state index contributed by atoms with van der Waals surface area (Å²) in [7, 11) is 1.83. The number of nitrogens with zero attached hydrogens (tertiary/aromatic N) is 3. The minimum Gasteiger partial charge on any atom is -0.384 e. The molecule has 0 radical (unpaired) electrons. The first-order valence-electron chi connectivity index (χ1n) is 5.07. The molecular formula is C12H9N5S. The smallest absolute Gasteiger partial charge is 0.123 e. The molecule has 6 heteroatoms. The van der Waals surface area contributed by atoms with Gasteiger partial charge in [0.05, 0.1) is 11.3 Å². The number of pyridine rings is 1. The molecule has 5 nitrogen and oxygen atoms in total. The monoisotopic (exact) mass is 255 g/mol. The standard InChI is InChI=1S/C12H9N5S/c1-17-4-2-3-9(17)10-7(5-13)11(15)16-12(18)8(10)6-14/h2-4H,1H3,(H3,15,16,18). The van der Waals surface area contributed by atoms with Gasteiger partial charge in [-0.1, -0.05) is 12.2 Å². The van der Waals surface area contributed by atoms with Crippen molar-refractivity contribution < 1.29 is 0 Å². The maximum Gasteiger partial charge on any atom is 0.123 e. The topological polar surface area (TPSA) is 94.3 Å². The first kappa shape index (κ1) is 11.9. The molecule has 0 aromatic carbocycles. The summed E-state index contributed by atoms with van der Waals surface area (Å²) in [5.74, 6) is 0.178. The van der Waals surface area contributed by atoms with Crippen LogP contribution in [0.2, 0.25) is 0 Å². The third-order valence-electron chi connectivity index (χ3n) is 2.67. The molecule has 2 heterocycles. The molecule has 88 valence electrons. The molecule has 0 atom stereocenters.